The zero-order valence-corrected chi connectivity index (χ0v) is 28.7. The third kappa shape index (κ3) is 7.61. The van der Waals surface area contributed by atoms with Crippen molar-refractivity contribution in [1.29, 1.82) is 0 Å². The van der Waals surface area contributed by atoms with Gasteiger partial charge in [-0.05, 0) is 97.8 Å². The lowest BCUT2D eigenvalue weighted by atomic mass is 10.0. The van der Waals surface area contributed by atoms with Crippen LogP contribution in [0.15, 0.2) is 78.2 Å². The molecule has 21 heteroatoms. The van der Waals surface area contributed by atoms with Crippen LogP contribution in [0.25, 0.3) is 10.8 Å². The smallest absolute Gasteiger partial charge is 0.351 e. The number of hydrogen-bond acceptors (Lipinski definition) is 14. The van der Waals surface area contributed by atoms with E-state index >= 15 is 0 Å². The number of H-pyrrole nitrogens is 1. The van der Waals surface area contributed by atoms with Gasteiger partial charge in [0.15, 0.2) is 5.75 Å². The Hall–Kier alpha value is -5.32. The second kappa shape index (κ2) is 12.9. The summed E-state index contributed by atoms with van der Waals surface area (Å²) in [6.07, 6.45) is 0. The third-order valence-corrected chi connectivity index (χ3v) is 10.1. The Kier molecular flexibility index (Phi) is 9.25. The van der Waals surface area contributed by atoms with Gasteiger partial charge in [-0.1, -0.05) is 6.07 Å². The Morgan fingerprint density at radius 2 is 1.36 bits per heavy atom. The normalized spacial score (nSPS) is 12.5. The Morgan fingerprint density at radius 3 is 2.00 bits per heavy atom. The Bertz CT molecular complexity index is 2660. The number of aromatic amines is 1. The number of aromatic hydroxyl groups is 1. The van der Waals surface area contributed by atoms with Crippen molar-refractivity contribution in [3.8, 4) is 5.75 Å². The number of aryl methyl sites for hydroxylation is 4. The number of phenols is 1. The van der Waals surface area contributed by atoms with E-state index in [1.807, 2.05) is 0 Å². The van der Waals surface area contributed by atoms with E-state index in [2.05, 4.69) is 35.8 Å². The molecule has 0 spiro atoms. The third-order valence-electron chi connectivity index (χ3n) is 7.38. The van der Waals surface area contributed by atoms with Crippen molar-refractivity contribution in [2.24, 2.45) is 10.2 Å². The number of aromatic nitrogens is 3. The highest BCUT2D eigenvalue weighted by Gasteiger charge is 2.22. The predicted molar refractivity (Wildman–Crippen MR) is 180 cm³/mol. The SMILES string of the molecule is Cc1cc(N=Nc2c(C)cc3cc(S(=O)(=O)O)cc(Nc4nc(Nc5ccc(C)c(S(=O)(=O)O)c5)[nH]c(=O)n4)c3c2O)c(S(=O)(=O)O)cc1C. The second-order valence-corrected chi connectivity index (χ2v) is 15.2. The van der Waals surface area contributed by atoms with E-state index in [0.29, 0.717) is 11.1 Å². The lowest BCUT2D eigenvalue weighted by Gasteiger charge is -2.15. The maximum absolute atomic E-state index is 12.5. The topological polar surface area (TPSA) is 291 Å². The second-order valence-electron chi connectivity index (χ2n) is 11.0. The number of anilines is 4. The van der Waals surface area contributed by atoms with Gasteiger partial charge in [0.05, 0.1) is 15.5 Å². The van der Waals surface area contributed by atoms with Crippen molar-refractivity contribution in [3.63, 3.8) is 0 Å². The number of fused-ring (bicyclic) bond motifs is 1. The van der Waals surface area contributed by atoms with E-state index in [4.69, 9.17) is 0 Å². The van der Waals surface area contributed by atoms with E-state index < -0.39 is 62.4 Å². The monoisotopic (exact) mass is 745 g/mol. The minimum Gasteiger partial charge on any atom is -0.505 e. The molecule has 0 aliphatic heterocycles. The number of azo groups is 1. The average molecular weight is 746 g/mol. The molecule has 0 aliphatic carbocycles. The summed E-state index contributed by atoms with van der Waals surface area (Å²) in [5, 5.41) is 24.7. The Morgan fingerprint density at radius 1 is 0.700 bits per heavy atom. The molecule has 0 amide bonds. The standard InChI is InChI=1S/C29H27N7O11S3/c1-13-5-6-18(11-22(13)49(42,43)44)30-27-32-28(34-29(38)33-27)31-21-12-19(48(39,40)41)10-17-7-16(4)25(26(37)24(17)21)36-35-20-8-14(2)15(3)9-23(20)50(45,46)47/h5-12,37H,1-4H3,(H,39,40,41)(H,42,43,44)(H,45,46,47)(H3,30,31,32,33,34,38). The number of benzene rings is 4. The molecule has 4 aromatic carbocycles. The van der Waals surface area contributed by atoms with Crippen LogP contribution in [-0.2, 0) is 30.4 Å². The minimum atomic E-state index is -4.83. The molecule has 5 rings (SSSR count). The first-order valence-corrected chi connectivity index (χ1v) is 18.3. The molecule has 0 unspecified atom stereocenters. The maximum Gasteiger partial charge on any atom is 0.351 e. The highest BCUT2D eigenvalue weighted by Crippen LogP contribution is 2.44. The van der Waals surface area contributed by atoms with Gasteiger partial charge in [0.1, 0.15) is 16.3 Å². The van der Waals surface area contributed by atoms with Gasteiger partial charge in [0, 0.05) is 11.1 Å². The zero-order valence-electron chi connectivity index (χ0n) is 26.3. The minimum absolute atomic E-state index is 0.0574. The number of nitrogens with one attached hydrogen (secondary N) is 3. The molecule has 0 saturated carbocycles. The zero-order chi connectivity index (χ0) is 36.9. The fraction of sp³-hybridized carbons (Fsp3) is 0.138. The Labute approximate surface area is 284 Å². The van der Waals surface area contributed by atoms with Crippen molar-refractivity contribution in [2.75, 3.05) is 10.6 Å². The van der Waals surface area contributed by atoms with Crippen LogP contribution in [0, 0.1) is 27.7 Å². The molecule has 0 bridgehead atoms. The van der Waals surface area contributed by atoms with Crippen molar-refractivity contribution in [1.82, 2.24) is 15.0 Å². The molecule has 0 radical (unpaired) electrons. The van der Waals surface area contributed by atoms with Crippen LogP contribution in [0.2, 0.25) is 0 Å². The molecule has 7 N–H and O–H groups in total. The molecule has 18 nitrogen and oxygen atoms in total. The van der Waals surface area contributed by atoms with Crippen LogP contribution in [0.5, 0.6) is 5.75 Å². The van der Waals surface area contributed by atoms with Crippen molar-refractivity contribution in [2.45, 2.75) is 42.4 Å². The number of phenolic OH excluding ortho intramolecular Hbond substituents is 1. The summed E-state index contributed by atoms with van der Waals surface area (Å²) in [5.74, 6) is -1.32. The lowest BCUT2D eigenvalue weighted by molar-refractivity contribution is 0.480. The Balaban J connectivity index is 1.64. The lowest BCUT2D eigenvalue weighted by Crippen LogP contribution is -2.17. The van der Waals surface area contributed by atoms with Crippen LogP contribution in [-0.4, -0.2) is 59.0 Å². The summed E-state index contributed by atoms with van der Waals surface area (Å²) in [6.45, 7) is 6.25. The summed E-state index contributed by atoms with van der Waals surface area (Å²) in [7, 11) is -14.1. The van der Waals surface area contributed by atoms with Crippen molar-refractivity contribution >= 4 is 75.8 Å². The van der Waals surface area contributed by atoms with Crippen LogP contribution in [0.4, 0.5) is 34.6 Å². The number of rotatable bonds is 9. The van der Waals surface area contributed by atoms with Gasteiger partial charge < -0.3 is 15.7 Å². The van der Waals surface area contributed by atoms with Crippen LogP contribution in [0.3, 0.4) is 0 Å². The molecule has 1 heterocycles. The summed E-state index contributed by atoms with van der Waals surface area (Å²) >= 11 is 0. The van der Waals surface area contributed by atoms with Gasteiger partial charge >= 0.3 is 5.69 Å². The van der Waals surface area contributed by atoms with E-state index in [1.54, 1.807) is 13.8 Å². The van der Waals surface area contributed by atoms with Gasteiger partial charge in [-0.2, -0.15) is 35.2 Å². The predicted octanol–water partition coefficient (Wildman–Crippen LogP) is 4.90. The number of hydrogen-bond donors (Lipinski definition) is 7. The summed E-state index contributed by atoms with van der Waals surface area (Å²) < 4.78 is 101. The molecule has 0 aliphatic rings. The van der Waals surface area contributed by atoms with Gasteiger partial charge in [0.25, 0.3) is 30.4 Å². The molecule has 5 aromatic rings. The first-order valence-electron chi connectivity index (χ1n) is 14.0. The molecule has 50 heavy (non-hydrogen) atoms. The van der Waals surface area contributed by atoms with Crippen LogP contribution in [0.1, 0.15) is 22.3 Å². The summed E-state index contributed by atoms with van der Waals surface area (Å²) in [4.78, 5) is 21.1. The first kappa shape index (κ1) is 36.0. The molecule has 0 atom stereocenters. The largest absolute Gasteiger partial charge is 0.505 e. The van der Waals surface area contributed by atoms with Gasteiger partial charge in [-0.15, -0.1) is 10.2 Å². The fourth-order valence-corrected chi connectivity index (χ4v) is 6.85. The van der Waals surface area contributed by atoms with Crippen molar-refractivity contribution in [3.05, 3.63) is 81.3 Å². The van der Waals surface area contributed by atoms with Crippen LogP contribution >= 0.6 is 0 Å². The molecule has 0 fully saturated rings. The quantitative estimate of drug-likeness (QED) is 0.0780. The highest BCUT2D eigenvalue weighted by atomic mass is 32.2. The van der Waals surface area contributed by atoms with Gasteiger partial charge in [-0.3, -0.25) is 18.6 Å². The molecular formula is C29H27N7O11S3. The molecule has 262 valence electrons. The van der Waals surface area contributed by atoms with Gasteiger partial charge in [0.2, 0.25) is 11.9 Å². The number of nitrogens with zero attached hydrogens (tertiary/aromatic N) is 4. The van der Waals surface area contributed by atoms with E-state index in [0.717, 1.165) is 18.2 Å². The maximum atomic E-state index is 12.5. The van der Waals surface area contributed by atoms with E-state index in [1.165, 1.54) is 44.2 Å². The van der Waals surface area contributed by atoms with E-state index in [9.17, 15) is 48.8 Å². The summed E-state index contributed by atoms with van der Waals surface area (Å²) in [6, 6.07) is 9.87. The average Bonchev–Trinajstić information content (AvgIpc) is 2.97. The van der Waals surface area contributed by atoms with Gasteiger partial charge in [-0.25, -0.2) is 4.79 Å². The molecule has 1 aromatic heterocycles. The fourth-order valence-electron chi connectivity index (χ4n) is 4.87. The highest BCUT2D eigenvalue weighted by molar-refractivity contribution is 7.86. The van der Waals surface area contributed by atoms with Crippen LogP contribution < -0.4 is 16.3 Å². The first-order chi connectivity index (χ1) is 23.1. The molecular weight excluding hydrogens is 719 g/mol. The summed E-state index contributed by atoms with van der Waals surface area (Å²) in [5.41, 5.74) is 0.101. The van der Waals surface area contributed by atoms with Crippen molar-refractivity contribution < 1.29 is 44.0 Å². The molecule has 0 saturated heterocycles. The van der Waals surface area contributed by atoms with E-state index in [-0.39, 0.29) is 50.6 Å².